The maximum absolute atomic E-state index is 12.1. The lowest BCUT2D eigenvalue weighted by Crippen LogP contribution is -2.37. The minimum Gasteiger partial charge on any atom is -0.352 e. The first-order valence-corrected chi connectivity index (χ1v) is 6.99. The molecule has 2 amide bonds. The number of likely N-dealkylation sites (tertiary alicyclic amines) is 1. The Morgan fingerprint density at radius 2 is 2.29 bits per heavy atom. The number of thiophene rings is 1. The molecule has 1 saturated heterocycles. The summed E-state index contributed by atoms with van der Waals surface area (Å²) in [5, 5.41) is 2.84. The summed E-state index contributed by atoms with van der Waals surface area (Å²) in [6.07, 6.45) is 0.831. The van der Waals surface area contributed by atoms with Crippen LogP contribution in [-0.4, -0.2) is 35.8 Å². The predicted molar refractivity (Wildman–Crippen MR) is 70.1 cm³/mol. The number of carbonyl (C=O) groups excluding carboxylic acids is 2. The summed E-state index contributed by atoms with van der Waals surface area (Å²) in [7, 11) is 0. The zero-order chi connectivity index (χ0) is 12.4. The molecule has 6 heteroatoms. The van der Waals surface area contributed by atoms with Crippen molar-refractivity contribution >= 4 is 39.1 Å². The summed E-state index contributed by atoms with van der Waals surface area (Å²) in [5.41, 5.74) is 0. The van der Waals surface area contributed by atoms with E-state index in [1.165, 1.54) is 18.3 Å². The molecule has 1 N–H and O–H groups in total. The van der Waals surface area contributed by atoms with Gasteiger partial charge in [-0.25, -0.2) is 0 Å². The fourth-order valence-corrected chi connectivity index (χ4v) is 3.29. The molecule has 1 atom stereocenters. The number of hydrogen-bond acceptors (Lipinski definition) is 3. The third-order valence-corrected chi connectivity index (χ3v) is 4.28. The minimum absolute atomic E-state index is 0.0387. The fraction of sp³-hybridized carbons (Fsp3) is 0.455. The number of carbonyl (C=O) groups is 2. The highest BCUT2D eigenvalue weighted by Crippen LogP contribution is 2.24. The van der Waals surface area contributed by atoms with Crippen molar-refractivity contribution in [3.8, 4) is 0 Å². The van der Waals surface area contributed by atoms with E-state index in [1.807, 2.05) is 12.1 Å². The minimum atomic E-state index is -0.0387. The van der Waals surface area contributed by atoms with E-state index in [4.69, 9.17) is 0 Å². The summed E-state index contributed by atoms with van der Waals surface area (Å²) in [5.74, 6) is 0.0109. The van der Waals surface area contributed by atoms with Crippen LogP contribution in [0.2, 0.25) is 0 Å². The van der Waals surface area contributed by atoms with Crippen molar-refractivity contribution < 1.29 is 9.59 Å². The molecule has 0 aliphatic carbocycles. The molecule has 1 fully saturated rings. The molecule has 4 nitrogen and oxygen atoms in total. The Bertz CT molecular complexity index is 446. The number of nitrogens with one attached hydrogen (secondary N) is 1. The normalized spacial score (nSPS) is 19.4. The van der Waals surface area contributed by atoms with Crippen LogP contribution >= 0.6 is 27.3 Å². The van der Waals surface area contributed by atoms with Crippen LogP contribution in [-0.2, 0) is 4.79 Å². The number of rotatable bonds is 2. The Morgan fingerprint density at radius 1 is 1.53 bits per heavy atom. The van der Waals surface area contributed by atoms with E-state index in [-0.39, 0.29) is 17.9 Å². The lowest BCUT2D eigenvalue weighted by molar-refractivity contribution is -0.119. The Balaban J connectivity index is 1.96. The van der Waals surface area contributed by atoms with Crippen molar-refractivity contribution in [2.24, 2.45) is 0 Å². The maximum Gasteiger partial charge on any atom is 0.264 e. The van der Waals surface area contributed by atoms with Gasteiger partial charge in [0.1, 0.15) is 0 Å². The highest BCUT2D eigenvalue weighted by atomic mass is 79.9. The molecule has 0 aromatic carbocycles. The highest BCUT2D eigenvalue weighted by molar-refractivity contribution is 9.11. The van der Waals surface area contributed by atoms with E-state index in [9.17, 15) is 9.59 Å². The van der Waals surface area contributed by atoms with Crippen molar-refractivity contribution in [1.82, 2.24) is 10.2 Å². The van der Waals surface area contributed by atoms with Gasteiger partial charge in [-0.2, -0.15) is 0 Å². The first kappa shape index (κ1) is 12.6. The van der Waals surface area contributed by atoms with Gasteiger partial charge in [0.05, 0.1) is 8.66 Å². The van der Waals surface area contributed by atoms with Crippen LogP contribution in [0.5, 0.6) is 0 Å². The van der Waals surface area contributed by atoms with Crippen LogP contribution in [0.15, 0.2) is 15.9 Å². The van der Waals surface area contributed by atoms with Gasteiger partial charge in [0, 0.05) is 26.1 Å². The van der Waals surface area contributed by atoms with Gasteiger partial charge in [0.25, 0.3) is 5.91 Å². The molecule has 1 aliphatic rings. The van der Waals surface area contributed by atoms with E-state index >= 15 is 0 Å². The molecule has 1 aliphatic heterocycles. The molecule has 17 heavy (non-hydrogen) atoms. The molecular formula is C11H13BrN2O2S. The summed E-state index contributed by atoms with van der Waals surface area (Å²) >= 11 is 4.78. The van der Waals surface area contributed by atoms with Crippen molar-refractivity contribution in [2.45, 2.75) is 19.4 Å². The molecule has 2 heterocycles. The van der Waals surface area contributed by atoms with Gasteiger partial charge in [-0.1, -0.05) is 0 Å². The number of amides is 2. The molecule has 92 valence electrons. The first-order valence-electron chi connectivity index (χ1n) is 5.38. The lowest BCUT2D eigenvalue weighted by atomic mass is 10.2. The molecule has 1 aromatic rings. The van der Waals surface area contributed by atoms with E-state index in [0.717, 1.165) is 15.1 Å². The standard InChI is InChI=1S/C11H13BrN2O2S/c1-7(15)13-8-4-5-14(6-8)11(16)9-2-3-10(12)17-9/h2-3,8H,4-6H2,1H3,(H,13,15). The number of hydrogen-bond donors (Lipinski definition) is 1. The van der Waals surface area contributed by atoms with Gasteiger partial charge in [0.2, 0.25) is 5.91 Å². The Hall–Kier alpha value is -0.880. The second kappa shape index (κ2) is 5.18. The first-order chi connectivity index (χ1) is 8.06. The molecule has 0 spiro atoms. The van der Waals surface area contributed by atoms with Crippen molar-refractivity contribution in [3.05, 3.63) is 20.8 Å². The molecule has 2 rings (SSSR count). The van der Waals surface area contributed by atoms with Gasteiger partial charge in [0.15, 0.2) is 0 Å². The van der Waals surface area contributed by atoms with E-state index in [0.29, 0.717) is 13.1 Å². The van der Waals surface area contributed by atoms with Gasteiger partial charge in [-0.3, -0.25) is 9.59 Å². The Labute approximate surface area is 112 Å². The van der Waals surface area contributed by atoms with Gasteiger partial charge >= 0.3 is 0 Å². The zero-order valence-corrected chi connectivity index (χ0v) is 11.8. The monoisotopic (exact) mass is 316 g/mol. The smallest absolute Gasteiger partial charge is 0.264 e. The van der Waals surface area contributed by atoms with E-state index < -0.39 is 0 Å². The summed E-state index contributed by atoms with van der Waals surface area (Å²) < 4.78 is 0.957. The SMILES string of the molecule is CC(=O)NC1CCN(C(=O)c2ccc(Br)s2)C1. The number of nitrogens with zero attached hydrogens (tertiary/aromatic N) is 1. The maximum atomic E-state index is 12.1. The van der Waals surface area contributed by atoms with Crippen molar-refractivity contribution in [1.29, 1.82) is 0 Å². The molecule has 1 unspecified atom stereocenters. The Morgan fingerprint density at radius 3 is 2.88 bits per heavy atom. The van der Waals surface area contributed by atoms with Crippen LogP contribution in [0.25, 0.3) is 0 Å². The van der Waals surface area contributed by atoms with E-state index in [1.54, 1.807) is 4.90 Å². The summed E-state index contributed by atoms with van der Waals surface area (Å²) in [6, 6.07) is 3.79. The van der Waals surface area contributed by atoms with Gasteiger partial charge in [-0.05, 0) is 34.5 Å². The molecule has 0 bridgehead atoms. The van der Waals surface area contributed by atoms with Gasteiger partial charge in [-0.15, -0.1) is 11.3 Å². The molecule has 0 radical (unpaired) electrons. The quantitative estimate of drug-likeness (QED) is 0.905. The van der Waals surface area contributed by atoms with Crippen LogP contribution < -0.4 is 5.32 Å². The van der Waals surface area contributed by atoms with Crippen LogP contribution in [0, 0.1) is 0 Å². The summed E-state index contributed by atoms with van der Waals surface area (Å²) in [6.45, 7) is 2.81. The van der Waals surface area contributed by atoms with Crippen molar-refractivity contribution in [2.75, 3.05) is 13.1 Å². The third kappa shape index (κ3) is 3.07. The van der Waals surface area contributed by atoms with Crippen molar-refractivity contribution in [3.63, 3.8) is 0 Å². The van der Waals surface area contributed by atoms with E-state index in [2.05, 4.69) is 21.2 Å². The van der Waals surface area contributed by atoms with Crippen LogP contribution in [0.1, 0.15) is 23.0 Å². The third-order valence-electron chi connectivity index (χ3n) is 2.67. The second-order valence-electron chi connectivity index (χ2n) is 4.04. The van der Waals surface area contributed by atoms with Gasteiger partial charge < -0.3 is 10.2 Å². The largest absolute Gasteiger partial charge is 0.352 e. The molecular weight excluding hydrogens is 304 g/mol. The fourth-order valence-electron chi connectivity index (χ4n) is 1.94. The number of halogens is 1. The van der Waals surface area contributed by atoms with Crippen LogP contribution in [0.3, 0.4) is 0 Å². The highest BCUT2D eigenvalue weighted by Gasteiger charge is 2.27. The topological polar surface area (TPSA) is 49.4 Å². The predicted octanol–water partition coefficient (Wildman–Crippen LogP) is 1.86. The molecule has 0 saturated carbocycles. The average molecular weight is 317 g/mol. The Kier molecular flexibility index (Phi) is 3.83. The van der Waals surface area contributed by atoms with Crippen LogP contribution in [0.4, 0.5) is 0 Å². The average Bonchev–Trinajstić information content (AvgIpc) is 2.85. The second-order valence-corrected chi connectivity index (χ2v) is 6.50. The lowest BCUT2D eigenvalue weighted by Gasteiger charge is -2.15. The molecule has 1 aromatic heterocycles. The zero-order valence-electron chi connectivity index (χ0n) is 9.40. The summed E-state index contributed by atoms with van der Waals surface area (Å²) in [4.78, 5) is 25.6.